The van der Waals surface area contributed by atoms with E-state index in [0.717, 1.165) is 53.3 Å². The van der Waals surface area contributed by atoms with Gasteiger partial charge in [-0.2, -0.15) is 5.10 Å². The van der Waals surface area contributed by atoms with Crippen LogP contribution in [0.5, 0.6) is 0 Å². The van der Waals surface area contributed by atoms with Crippen molar-refractivity contribution in [1.82, 2.24) is 14.7 Å². The standard InChI is InChI=1S/C21H23N3OS/c1-15-8-9-16(2)18(13-15)24-19(21(25)23-10-4-3-5-11-23)14-17(22-24)20-7-6-12-26-20/h6-9,12-14H,3-5,10-11H2,1-2H3. The molecule has 4 rings (SSSR count). The number of rotatable bonds is 3. The van der Waals surface area contributed by atoms with Gasteiger partial charge in [0.25, 0.3) is 5.91 Å². The van der Waals surface area contributed by atoms with Crippen LogP contribution in [0.3, 0.4) is 0 Å². The summed E-state index contributed by atoms with van der Waals surface area (Å²) in [5, 5.41) is 6.86. The number of carbonyl (C=O) groups is 1. The Hall–Kier alpha value is -2.40. The third kappa shape index (κ3) is 3.19. The number of amides is 1. The van der Waals surface area contributed by atoms with E-state index in [2.05, 4.69) is 38.1 Å². The number of carbonyl (C=O) groups excluding carboxylic acids is 1. The van der Waals surface area contributed by atoms with Crippen LogP contribution in [-0.2, 0) is 0 Å². The quantitative estimate of drug-likeness (QED) is 0.666. The predicted molar refractivity (Wildman–Crippen MR) is 106 cm³/mol. The summed E-state index contributed by atoms with van der Waals surface area (Å²) in [7, 11) is 0. The first-order valence-corrected chi connectivity index (χ1v) is 10.0. The Morgan fingerprint density at radius 1 is 1.08 bits per heavy atom. The number of piperidine rings is 1. The zero-order chi connectivity index (χ0) is 18.1. The maximum Gasteiger partial charge on any atom is 0.272 e. The zero-order valence-electron chi connectivity index (χ0n) is 15.2. The summed E-state index contributed by atoms with van der Waals surface area (Å²) in [5.74, 6) is 0.0842. The Bertz CT molecular complexity index is 921. The number of hydrogen-bond acceptors (Lipinski definition) is 3. The Balaban J connectivity index is 1.83. The van der Waals surface area contributed by atoms with E-state index in [4.69, 9.17) is 5.10 Å². The van der Waals surface area contributed by atoms with Gasteiger partial charge in [0.15, 0.2) is 0 Å². The molecular weight excluding hydrogens is 342 g/mol. The van der Waals surface area contributed by atoms with E-state index >= 15 is 0 Å². The fourth-order valence-electron chi connectivity index (χ4n) is 3.47. The molecule has 0 atom stereocenters. The molecule has 1 aromatic carbocycles. The molecule has 0 N–H and O–H groups in total. The van der Waals surface area contributed by atoms with Gasteiger partial charge in [-0.3, -0.25) is 4.79 Å². The van der Waals surface area contributed by atoms with Gasteiger partial charge in [0.1, 0.15) is 11.4 Å². The number of aryl methyl sites for hydroxylation is 2. The molecule has 0 radical (unpaired) electrons. The number of thiophene rings is 1. The van der Waals surface area contributed by atoms with Crippen LogP contribution < -0.4 is 0 Å². The van der Waals surface area contributed by atoms with Gasteiger partial charge in [-0.15, -0.1) is 11.3 Å². The van der Waals surface area contributed by atoms with Gasteiger partial charge in [-0.05, 0) is 67.8 Å². The Kier molecular flexibility index (Phi) is 4.64. The van der Waals surface area contributed by atoms with E-state index < -0.39 is 0 Å². The summed E-state index contributed by atoms with van der Waals surface area (Å²) < 4.78 is 1.84. The Morgan fingerprint density at radius 3 is 2.62 bits per heavy atom. The lowest BCUT2D eigenvalue weighted by Crippen LogP contribution is -2.36. The molecule has 2 aromatic heterocycles. The molecule has 26 heavy (non-hydrogen) atoms. The molecule has 1 aliphatic rings. The van der Waals surface area contributed by atoms with Crippen molar-refractivity contribution in [3.63, 3.8) is 0 Å². The van der Waals surface area contributed by atoms with Crippen LogP contribution in [0, 0.1) is 13.8 Å². The lowest BCUT2D eigenvalue weighted by molar-refractivity contribution is 0.0715. The topological polar surface area (TPSA) is 38.1 Å². The second-order valence-electron chi connectivity index (χ2n) is 6.95. The maximum atomic E-state index is 13.2. The van der Waals surface area contributed by atoms with Crippen molar-refractivity contribution >= 4 is 17.2 Å². The van der Waals surface area contributed by atoms with Crippen LogP contribution in [-0.4, -0.2) is 33.7 Å². The summed E-state index contributed by atoms with van der Waals surface area (Å²) in [6, 6.07) is 12.3. The van der Waals surface area contributed by atoms with Gasteiger partial charge in [-0.25, -0.2) is 4.68 Å². The number of hydrogen-bond donors (Lipinski definition) is 0. The highest BCUT2D eigenvalue weighted by Crippen LogP contribution is 2.28. The molecule has 1 aliphatic heterocycles. The second-order valence-corrected chi connectivity index (χ2v) is 7.89. The van der Waals surface area contributed by atoms with Gasteiger partial charge in [0.2, 0.25) is 0 Å². The van der Waals surface area contributed by atoms with Gasteiger partial charge in [-0.1, -0.05) is 18.2 Å². The number of likely N-dealkylation sites (tertiary alicyclic amines) is 1. The van der Waals surface area contributed by atoms with Crippen molar-refractivity contribution in [3.8, 4) is 16.3 Å². The molecular formula is C21H23N3OS. The summed E-state index contributed by atoms with van der Waals surface area (Å²) >= 11 is 1.65. The normalized spacial score (nSPS) is 14.6. The Morgan fingerprint density at radius 2 is 1.88 bits per heavy atom. The van der Waals surface area contributed by atoms with Gasteiger partial charge in [0.05, 0.1) is 10.6 Å². The smallest absolute Gasteiger partial charge is 0.272 e. The molecule has 1 fully saturated rings. The molecule has 0 aliphatic carbocycles. The molecule has 4 nitrogen and oxygen atoms in total. The molecule has 0 bridgehead atoms. The molecule has 3 aromatic rings. The first-order valence-electron chi connectivity index (χ1n) is 9.14. The number of nitrogens with zero attached hydrogens (tertiary/aromatic N) is 3. The van der Waals surface area contributed by atoms with E-state index in [9.17, 15) is 4.79 Å². The summed E-state index contributed by atoms with van der Waals surface area (Å²) in [5.41, 5.74) is 4.78. The van der Waals surface area contributed by atoms with E-state index in [1.54, 1.807) is 11.3 Å². The SMILES string of the molecule is Cc1ccc(C)c(-n2nc(-c3cccs3)cc2C(=O)N2CCCCC2)c1. The molecule has 5 heteroatoms. The zero-order valence-corrected chi connectivity index (χ0v) is 16.1. The fourth-order valence-corrected chi connectivity index (χ4v) is 4.15. The average Bonchev–Trinajstić information content (AvgIpc) is 3.33. The molecule has 1 saturated heterocycles. The number of aromatic nitrogens is 2. The first kappa shape index (κ1) is 17.0. The lowest BCUT2D eigenvalue weighted by atomic mass is 10.1. The minimum absolute atomic E-state index is 0.0842. The van der Waals surface area contributed by atoms with Crippen molar-refractivity contribution < 1.29 is 4.79 Å². The summed E-state index contributed by atoms with van der Waals surface area (Å²) in [6.07, 6.45) is 3.38. The minimum atomic E-state index is 0.0842. The molecule has 0 spiro atoms. The molecule has 0 unspecified atom stereocenters. The van der Waals surface area contributed by atoms with Crippen molar-refractivity contribution in [3.05, 3.63) is 58.6 Å². The second kappa shape index (κ2) is 7.08. The fraction of sp³-hybridized carbons (Fsp3) is 0.333. The highest BCUT2D eigenvalue weighted by Gasteiger charge is 2.24. The van der Waals surface area contributed by atoms with Gasteiger partial charge < -0.3 is 4.90 Å². The highest BCUT2D eigenvalue weighted by molar-refractivity contribution is 7.13. The van der Waals surface area contributed by atoms with Crippen LogP contribution in [0.2, 0.25) is 0 Å². The lowest BCUT2D eigenvalue weighted by Gasteiger charge is -2.26. The van der Waals surface area contributed by atoms with E-state index in [1.807, 2.05) is 27.1 Å². The molecule has 0 saturated carbocycles. The third-order valence-corrected chi connectivity index (χ3v) is 5.83. The van der Waals surface area contributed by atoms with Gasteiger partial charge >= 0.3 is 0 Å². The first-order chi connectivity index (χ1) is 12.6. The number of benzene rings is 1. The van der Waals surface area contributed by atoms with Crippen molar-refractivity contribution in [1.29, 1.82) is 0 Å². The molecule has 134 valence electrons. The van der Waals surface area contributed by atoms with Crippen molar-refractivity contribution in [2.24, 2.45) is 0 Å². The van der Waals surface area contributed by atoms with Crippen LogP contribution in [0.4, 0.5) is 0 Å². The summed E-state index contributed by atoms with van der Waals surface area (Å²) in [4.78, 5) is 16.3. The van der Waals surface area contributed by atoms with E-state index in [0.29, 0.717) is 5.69 Å². The third-order valence-electron chi connectivity index (χ3n) is 4.94. The van der Waals surface area contributed by atoms with Gasteiger partial charge in [0, 0.05) is 13.1 Å². The Labute approximate surface area is 158 Å². The van der Waals surface area contributed by atoms with Crippen molar-refractivity contribution in [2.45, 2.75) is 33.1 Å². The largest absolute Gasteiger partial charge is 0.337 e. The minimum Gasteiger partial charge on any atom is -0.337 e. The van der Waals surface area contributed by atoms with Crippen LogP contribution in [0.25, 0.3) is 16.3 Å². The molecule has 3 heterocycles. The summed E-state index contributed by atoms with van der Waals surface area (Å²) in [6.45, 7) is 5.81. The van der Waals surface area contributed by atoms with Crippen LogP contribution in [0.15, 0.2) is 41.8 Å². The highest BCUT2D eigenvalue weighted by atomic mass is 32.1. The maximum absolute atomic E-state index is 13.2. The monoisotopic (exact) mass is 365 g/mol. The van der Waals surface area contributed by atoms with Crippen LogP contribution in [0.1, 0.15) is 40.9 Å². The van der Waals surface area contributed by atoms with E-state index in [1.165, 1.54) is 6.42 Å². The van der Waals surface area contributed by atoms with E-state index in [-0.39, 0.29) is 5.91 Å². The average molecular weight is 366 g/mol. The predicted octanol–water partition coefficient (Wildman–Crippen LogP) is 4.84. The molecule has 1 amide bonds. The van der Waals surface area contributed by atoms with Crippen molar-refractivity contribution in [2.75, 3.05) is 13.1 Å². The van der Waals surface area contributed by atoms with Crippen LogP contribution >= 0.6 is 11.3 Å².